The van der Waals surface area contributed by atoms with Crippen LogP contribution < -0.4 is 0 Å². The number of nitrogens with zero attached hydrogens (tertiary/aromatic N) is 1. The summed E-state index contributed by atoms with van der Waals surface area (Å²) in [4.78, 5) is 13.2. The normalized spacial score (nSPS) is 24.6. The summed E-state index contributed by atoms with van der Waals surface area (Å²) >= 11 is 0. The molecule has 0 aromatic carbocycles. The molecular formula is C11H21NO5S2. The fourth-order valence-corrected chi connectivity index (χ4v) is 3.72. The van der Waals surface area contributed by atoms with Crippen molar-refractivity contribution in [3.63, 3.8) is 0 Å². The molecule has 1 heterocycles. The number of aliphatic hydroxyl groups is 1. The number of carbonyl (C=O) groups excluding carboxylic acids is 1. The Labute approximate surface area is 117 Å². The molecule has 0 saturated carbocycles. The largest absolute Gasteiger partial charge is 0.444 e. The molecule has 8 heteroatoms. The summed E-state index contributed by atoms with van der Waals surface area (Å²) in [5.74, 6) is 0.0338. The van der Waals surface area contributed by atoms with Crippen molar-refractivity contribution in [1.29, 1.82) is 0 Å². The first-order valence-corrected chi connectivity index (χ1v) is 9.38. The zero-order valence-corrected chi connectivity index (χ0v) is 13.3. The van der Waals surface area contributed by atoms with Crippen LogP contribution in [0.2, 0.25) is 0 Å². The van der Waals surface area contributed by atoms with Gasteiger partial charge in [0.1, 0.15) is 5.60 Å². The third kappa shape index (κ3) is 6.01. The van der Waals surface area contributed by atoms with E-state index in [1.54, 1.807) is 20.8 Å². The van der Waals surface area contributed by atoms with Crippen LogP contribution in [0, 0.1) is 5.92 Å². The molecule has 19 heavy (non-hydrogen) atoms. The lowest BCUT2D eigenvalue weighted by atomic mass is 10.1. The van der Waals surface area contributed by atoms with Crippen molar-refractivity contribution < 1.29 is 23.1 Å². The minimum atomic E-state index is -3.13. The maximum atomic E-state index is 11.8. The quantitative estimate of drug-likeness (QED) is 0.780. The van der Waals surface area contributed by atoms with Gasteiger partial charge >= 0.3 is 6.09 Å². The zero-order valence-electron chi connectivity index (χ0n) is 11.6. The third-order valence-corrected chi connectivity index (χ3v) is 5.24. The highest BCUT2D eigenvalue weighted by molar-refractivity contribution is 8.71. The number of hydrogen-bond acceptors (Lipinski definition) is 6. The maximum Gasteiger partial charge on any atom is 0.410 e. The van der Waals surface area contributed by atoms with Gasteiger partial charge in [-0.05, 0) is 31.6 Å². The summed E-state index contributed by atoms with van der Waals surface area (Å²) in [6.45, 7) is 5.82. The Morgan fingerprint density at radius 1 is 1.42 bits per heavy atom. The van der Waals surface area contributed by atoms with Crippen molar-refractivity contribution in [2.45, 2.75) is 32.5 Å². The summed E-state index contributed by atoms with van der Waals surface area (Å²) < 4.78 is 27.4. The van der Waals surface area contributed by atoms with Crippen LogP contribution in [0.25, 0.3) is 0 Å². The van der Waals surface area contributed by atoms with Gasteiger partial charge in [0.05, 0.1) is 12.6 Å². The number of ether oxygens (including phenoxy) is 1. The van der Waals surface area contributed by atoms with Crippen molar-refractivity contribution in [3.05, 3.63) is 0 Å². The van der Waals surface area contributed by atoms with E-state index in [4.69, 9.17) is 4.74 Å². The van der Waals surface area contributed by atoms with E-state index >= 15 is 0 Å². The van der Waals surface area contributed by atoms with E-state index in [0.29, 0.717) is 6.54 Å². The summed E-state index contributed by atoms with van der Waals surface area (Å²) in [5.41, 5.74) is -0.582. The number of carbonyl (C=O) groups is 1. The second-order valence-corrected chi connectivity index (χ2v) is 10.2. The van der Waals surface area contributed by atoms with Gasteiger partial charge in [0.15, 0.2) is 8.87 Å². The van der Waals surface area contributed by atoms with Crippen molar-refractivity contribution >= 4 is 25.8 Å². The molecule has 0 aromatic heterocycles. The second-order valence-electron chi connectivity index (χ2n) is 5.70. The van der Waals surface area contributed by atoms with Crippen LogP contribution in [-0.4, -0.2) is 61.3 Å². The van der Waals surface area contributed by atoms with Crippen LogP contribution in [0.3, 0.4) is 0 Å². The predicted octanol–water partition coefficient (Wildman–Crippen LogP) is 0.907. The Bertz CT molecular complexity index is 429. The average molecular weight is 311 g/mol. The molecule has 0 aromatic rings. The second kappa shape index (κ2) is 5.88. The molecule has 0 radical (unpaired) electrons. The van der Waals surface area contributed by atoms with Crippen LogP contribution in [0.1, 0.15) is 20.8 Å². The summed E-state index contributed by atoms with van der Waals surface area (Å²) in [6.07, 6.45) is -0.0508. The zero-order chi connectivity index (χ0) is 14.8. The van der Waals surface area contributed by atoms with Crippen molar-refractivity contribution in [2.24, 2.45) is 5.92 Å². The smallest absolute Gasteiger partial charge is 0.410 e. The van der Waals surface area contributed by atoms with Gasteiger partial charge in [-0.25, -0.2) is 13.2 Å². The molecule has 0 aliphatic carbocycles. The fourth-order valence-electron chi connectivity index (χ4n) is 1.70. The van der Waals surface area contributed by atoms with Crippen molar-refractivity contribution in [1.82, 2.24) is 4.90 Å². The Morgan fingerprint density at radius 2 is 2.00 bits per heavy atom. The molecule has 112 valence electrons. The molecule has 1 saturated heterocycles. The number of β-amino-alcohol motifs (C(OH)–C–C–N with tert-alkyl or cyclic N) is 1. The first-order chi connectivity index (χ1) is 8.48. The summed E-state index contributed by atoms with van der Waals surface area (Å²) in [7, 11) is -2.34. The molecule has 0 bridgehead atoms. The van der Waals surface area contributed by atoms with Crippen LogP contribution in [-0.2, 0) is 13.6 Å². The van der Waals surface area contributed by atoms with E-state index in [1.807, 2.05) is 0 Å². The first kappa shape index (κ1) is 16.6. The molecule has 1 aliphatic heterocycles. The molecule has 1 aliphatic rings. The lowest BCUT2D eigenvalue weighted by Gasteiger charge is -2.24. The molecule has 1 amide bonds. The number of aliphatic hydroxyl groups excluding tert-OH is 1. The van der Waals surface area contributed by atoms with Crippen molar-refractivity contribution in [2.75, 3.05) is 25.1 Å². The van der Waals surface area contributed by atoms with Gasteiger partial charge in [0.25, 0.3) is 0 Å². The Balaban J connectivity index is 2.53. The topological polar surface area (TPSA) is 83.9 Å². The minimum absolute atomic E-state index is 0.184. The van der Waals surface area contributed by atoms with E-state index < -0.39 is 26.7 Å². The predicted molar refractivity (Wildman–Crippen MR) is 74.6 cm³/mol. The molecule has 0 spiro atoms. The first-order valence-electron chi connectivity index (χ1n) is 5.98. The number of rotatable bonds is 3. The highest BCUT2D eigenvalue weighted by Gasteiger charge is 2.36. The van der Waals surface area contributed by atoms with Gasteiger partial charge in [-0.15, -0.1) is 0 Å². The molecule has 2 atom stereocenters. The lowest BCUT2D eigenvalue weighted by molar-refractivity contribution is 0.0270. The van der Waals surface area contributed by atoms with Crippen LogP contribution >= 0.6 is 10.8 Å². The molecule has 1 fully saturated rings. The highest BCUT2D eigenvalue weighted by atomic mass is 33.1. The molecular weight excluding hydrogens is 290 g/mol. The summed E-state index contributed by atoms with van der Waals surface area (Å²) in [5, 5.41) is 9.85. The van der Waals surface area contributed by atoms with E-state index in [2.05, 4.69) is 0 Å². The van der Waals surface area contributed by atoms with Gasteiger partial charge in [-0.2, -0.15) is 0 Å². The van der Waals surface area contributed by atoms with E-state index in [9.17, 15) is 18.3 Å². The van der Waals surface area contributed by atoms with Crippen LogP contribution in [0.5, 0.6) is 0 Å². The van der Waals surface area contributed by atoms with Gasteiger partial charge in [0.2, 0.25) is 0 Å². The van der Waals surface area contributed by atoms with Gasteiger partial charge < -0.3 is 14.7 Å². The maximum absolute atomic E-state index is 11.8. The number of amides is 1. The minimum Gasteiger partial charge on any atom is -0.444 e. The lowest BCUT2D eigenvalue weighted by Crippen LogP contribution is -2.35. The van der Waals surface area contributed by atoms with Gasteiger partial charge in [-0.1, -0.05) is 0 Å². The Kier molecular flexibility index (Phi) is 5.14. The number of hydrogen-bond donors (Lipinski definition) is 1. The fraction of sp³-hybridized carbons (Fsp3) is 0.909. The standard InChI is InChI=1S/C11H21NO5S2/c1-11(2,3)17-10(14)12-5-8(9(13)6-12)7-18-19(4,15)16/h8-9,13H,5-7H2,1-4H3/t8-,9+/m1/s1. The SMILES string of the molecule is CC(C)(C)OC(=O)N1C[C@H](CSS(C)(=O)=O)[C@@H](O)C1. The Hall–Kier alpha value is -0.470. The molecule has 6 nitrogen and oxygen atoms in total. The third-order valence-electron chi connectivity index (χ3n) is 2.55. The van der Waals surface area contributed by atoms with E-state index in [0.717, 1.165) is 17.0 Å². The van der Waals surface area contributed by atoms with E-state index in [1.165, 1.54) is 4.90 Å². The molecule has 1 rings (SSSR count). The average Bonchev–Trinajstić information content (AvgIpc) is 2.53. The summed E-state index contributed by atoms with van der Waals surface area (Å²) in [6, 6.07) is 0. The van der Waals surface area contributed by atoms with Gasteiger partial charge in [0, 0.05) is 24.5 Å². The monoisotopic (exact) mass is 311 g/mol. The molecule has 0 unspecified atom stereocenters. The van der Waals surface area contributed by atoms with E-state index in [-0.39, 0.29) is 18.2 Å². The Morgan fingerprint density at radius 3 is 2.47 bits per heavy atom. The van der Waals surface area contributed by atoms with Crippen molar-refractivity contribution in [3.8, 4) is 0 Å². The van der Waals surface area contributed by atoms with Crippen LogP contribution in [0.4, 0.5) is 4.79 Å². The molecule has 1 N–H and O–H groups in total. The van der Waals surface area contributed by atoms with Gasteiger partial charge in [-0.3, -0.25) is 0 Å². The highest BCUT2D eigenvalue weighted by Crippen LogP contribution is 2.25. The van der Waals surface area contributed by atoms with Crippen LogP contribution in [0.15, 0.2) is 0 Å². The number of likely N-dealkylation sites (tertiary alicyclic amines) is 1.